The van der Waals surface area contributed by atoms with Gasteiger partial charge in [-0.3, -0.25) is 0 Å². The van der Waals surface area contributed by atoms with Crippen molar-refractivity contribution in [1.29, 1.82) is 0 Å². The summed E-state index contributed by atoms with van der Waals surface area (Å²) in [5, 5.41) is 0. The fourth-order valence-corrected chi connectivity index (χ4v) is 3.04. The van der Waals surface area contributed by atoms with Crippen LogP contribution in [0.1, 0.15) is 23.8 Å². The van der Waals surface area contributed by atoms with Crippen molar-refractivity contribution in [2.75, 3.05) is 13.6 Å². The summed E-state index contributed by atoms with van der Waals surface area (Å²) >= 11 is -0.711. The van der Waals surface area contributed by atoms with Crippen molar-refractivity contribution in [2.45, 2.75) is 18.3 Å². The van der Waals surface area contributed by atoms with E-state index in [9.17, 15) is 4.79 Å². The fourth-order valence-electron chi connectivity index (χ4n) is 1.30. The summed E-state index contributed by atoms with van der Waals surface area (Å²) in [5.74, 6) is 0.00250. The second-order valence-electron chi connectivity index (χ2n) is 3.23. The molecule has 5 heteroatoms. The van der Waals surface area contributed by atoms with Gasteiger partial charge in [0.1, 0.15) is 0 Å². The van der Waals surface area contributed by atoms with Crippen LogP contribution in [0.25, 0.3) is 0 Å². The number of hydrogen-bond donors (Lipinski definition) is 0. The fraction of sp³-hybridized carbons (Fsp3) is 0.500. The van der Waals surface area contributed by atoms with Crippen LogP contribution in [-0.4, -0.2) is 55.5 Å². The van der Waals surface area contributed by atoms with E-state index in [1.807, 2.05) is 7.05 Å². The Labute approximate surface area is 100 Å². The predicted octanol–water partition coefficient (Wildman–Crippen LogP) is 0.336. The van der Waals surface area contributed by atoms with E-state index in [0.29, 0.717) is 5.69 Å². The zero-order valence-electron chi connectivity index (χ0n) is 9.32. The Hall–Kier alpha value is -0.651. The molecule has 0 atom stereocenters. The molecule has 4 nitrogen and oxygen atoms in total. The van der Waals surface area contributed by atoms with Gasteiger partial charge >= 0.3 is 100 Å². The normalized spacial score (nSPS) is 10.1. The van der Waals surface area contributed by atoms with Crippen molar-refractivity contribution < 1.29 is 4.79 Å². The molecule has 0 bridgehead atoms. The second kappa shape index (κ2) is 6.05. The van der Waals surface area contributed by atoms with Crippen molar-refractivity contribution in [1.82, 2.24) is 14.9 Å². The zero-order valence-corrected chi connectivity index (χ0v) is 12.2. The Kier molecular flexibility index (Phi) is 5.01. The van der Waals surface area contributed by atoms with E-state index in [4.69, 9.17) is 0 Å². The van der Waals surface area contributed by atoms with E-state index in [1.54, 1.807) is 17.3 Å². The van der Waals surface area contributed by atoms with Crippen molar-refractivity contribution in [3.05, 3.63) is 18.1 Å². The maximum atomic E-state index is 12.0. The molecular weight excluding hydrogens is 297 g/mol. The van der Waals surface area contributed by atoms with E-state index >= 15 is 0 Å². The predicted molar refractivity (Wildman–Crippen MR) is 60.5 cm³/mol. The van der Waals surface area contributed by atoms with Gasteiger partial charge in [-0.05, 0) is 0 Å². The average molecular weight is 312 g/mol. The third-order valence-electron chi connectivity index (χ3n) is 2.04. The van der Waals surface area contributed by atoms with Crippen LogP contribution in [0.5, 0.6) is 0 Å². The molecule has 0 spiro atoms. The molecule has 1 aromatic heterocycles. The van der Waals surface area contributed by atoms with Crippen LogP contribution in [0.15, 0.2) is 12.4 Å². The minimum atomic E-state index is -0.711. The standard InChI is InChI=1S/C9H12N3O.CH3.Sn/c1-3-6-12(2)9(13)8-7-10-4-5-11-8;;/h4-5H,3,6H2,1-2H3;1H3;. The Balaban J connectivity index is 2.90. The van der Waals surface area contributed by atoms with Crippen LogP contribution in [0.3, 0.4) is 0 Å². The van der Waals surface area contributed by atoms with Gasteiger partial charge in [0.25, 0.3) is 0 Å². The van der Waals surface area contributed by atoms with Gasteiger partial charge < -0.3 is 0 Å². The molecular formula is C10H15N3OSn. The molecule has 1 heterocycles. The van der Waals surface area contributed by atoms with Crippen molar-refractivity contribution >= 4 is 30.8 Å². The topological polar surface area (TPSA) is 46.1 Å². The van der Waals surface area contributed by atoms with Crippen molar-refractivity contribution in [2.24, 2.45) is 0 Å². The Morgan fingerprint density at radius 1 is 1.47 bits per heavy atom. The molecule has 15 heavy (non-hydrogen) atoms. The van der Waals surface area contributed by atoms with Crippen molar-refractivity contribution in [3.8, 4) is 0 Å². The van der Waals surface area contributed by atoms with Crippen LogP contribution in [0.2, 0.25) is 4.94 Å². The summed E-state index contributed by atoms with van der Waals surface area (Å²) in [6.45, 7) is 2.82. The molecule has 0 aliphatic heterocycles. The molecule has 2 radical (unpaired) electrons. The van der Waals surface area contributed by atoms with Gasteiger partial charge in [0, 0.05) is 0 Å². The molecule has 80 valence electrons. The van der Waals surface area contributed by atoms with Gasteiger partial charge in [0.15, 0.2) is 0 Å². The van der Waals surface area contributed by atoms with Gasteiger partial charge in [-0.25, -0.2) is 0 Å². The summed E-state index contributed by atoms with van der Waals surface area (Å²) < 4.78 is 0.939. The van der Waals surface area contributed by atoms with Crippen LogP contribution in [0, 0.1) is 0 Å². The summed E-state index contributed by atoms with van der Waals surface area (Å²) in [5.41, 5.74) is 0.558. The SMILES string of the molecule is CCCN(C)C(=O)c1nccn[c]1[Sn][CH3]. The zero-order chi connectivity index (χ0) is 11.3. The minimum absolute atomic E-state index is 0.00250. The molecule has 0 saturated carbocycles. The molecule has 1 aromatic rings. The van der Waals surface area contributed by atoms with Gasteiger partial charge in [0.2, 0.25) is 0 Å². The monoisotopic (exact) mass is 313 g/mol. The summed E-state index contributed by atoms with van der Waals surface area (Å²) in [7, 11) is 1.81. The van der Waals surface area contributed by atoms with E-state index in [1.165, 1.54) is 0 Å². The molecule has 0 saturated heterocycles. The number of aromatic nitrogens is 2. The summed E-state index contributed by atoms with van der Waals surface area (Å²) in [6.07, 6.45) is 4.21. The molecule has 0 aliphatic rings. The number of hydrogen-bond acceptors (Lipinski definition) is 3. The first-order valence-electron chi connectivity index (χ1n) is 4.95. The Morgan fingerprint density at radius 2 is 2.13 bits per heavy atom. The van der Waals surface area contributed by atoms with E-state index in [-0.39, 0.29) is 5.91 Å². The first-order chi connectivity index (χ1) is 7.20. The van der Waals surface area contributed by atoms with E-state index in [0.717, 1.165) is 16.7 Å². The number of amides is 1. The third-order valence-corrected chi connectivity index (χ3v) is 4.44. The Morgan fingerprint density at radius 3 is 2.73 bits per heavy atom. The van der Waals surface area contributed by atoms with Crippen LogP contribution < -0.4 is 3.71 Å². The first kappa shape index (κ1) is 12.4. The second-order valence-corrected chi connectivity index (χ2v) is 6.01. The van der Waals surface area contributed by atoms with E-state index < -0.39 is 21.1 Å². The van der Waals surface area contributed by atoms with Crippen molar-refractivity contribution in [3.63, 3.8) is 0 Å². The molecule has 0 fully saturated rings. The Bertz CT molecular complexity index is 343. The number of carbonyl (C=O) groups is 1. The van der Waals surface area contributed by atoms with Gasteiger partial charge in [-0.1, -0.05) is 0 Å². The molecule has 0 N–H and O–H groups in total. The molecule has 0 aliphatic carbocycles. The number of nitrogens with zero attached hydrogens (tertiary/aromatic N) is 3. The average Bonchev–Trinajstić information content (AvgIpc) is 2.28. The van der Waals surface area contributed by atoms with E-state index in [2.05, 4.69) is 21.8 Å². The number of rotatable bonds is 4. The molecule has 0 aromatic carbocycles. The molecule has 1 amide bonds. The number of carbonyl (C=O) groups excluding carboxylic acids is 1. The summed E-state index contributed by atoms with van der Waals surface area (Å²) in [4.78, 5) is 24.2. The summed E-state index contributed by atoms with van der Waals surface area (Å²) in [6, 6.07) is 0. The van der Waals surface area contributed by atoms with Crippen LogP contribution >= 0.6 is 0 Å². The van der Waals surface area contributed by atoms with Gasteiger partial charge in [0.05, 0.1) is 0 Å². The maximum absolute atomic E-state index is 12.0. The third kappa shape index (κ3) is 3.15. The molecule has 0 unspecified atom stereocenters. The molecule has 1 rings (SSSR count). The van der Waals surface area contributed by atoms with Crippen LogP contribution in [0.4, 0.5) is 0 Å². The van der Waals surface area contributed by atoms with Gasteiger partial charge in [-0.2, -0.15) is 0 Å². The quantitative estimate of drug-likeness (QED) is 0.753. The van der Waals surface area contributed by atoms with Crippen LogP contribution in [-0.2, 0) is 0 Å². The van der Waals surface area contributed by atoms with Gasteiger partial charge in [-0.15, -0.1) is 0 Å². The first-order valence-corrected chi connectivity index (χ1v) is 9.23.